The molecule has 1 aliphatic heterocycles. The van der Waals surface area contributed by atoms with E-state index in [1.165, 1.54) is 0 Å². The SMILES string of the molecule is CCCCOCC1=C(I)C(=O)[C@@H]2OC(C)(C)O[C@H]12. The van der Waals surface area contributed by atoms with E-state index in [0.717, 1.165) is 28.6 Å². The van der Waals surface area contributed by atoms with Crippen molar-refractivity contribution in [2.45, 2.75) is 51.6 Å². The molecule has 0 amide bonds. The Morgan fingerprint density at radius 3 is 2.67 bits per heavy atom. The fourth-order valence-corrected chi connectivity index (χ4v) is 2.96. The lowest BCUT2D eigenvalue weighted by Gasteiger charge is -2.18. The van der Waals surface area contributed by atoms with Crippen molar-refractivity contribution in [1.29, 1.82) is 0 Å². The second-order valence-electron chi connectivity index (χ2n) is 5.09. The lowest BCUT2D eigenvalue weighted by atomic mass is 10.2. The maximum absolute atomic E-state index is 12.0. The minimum Gasteiger partial charge on any atom is -0.377 e. The van der Waals surface area contributed by atoms with Crippen LogP contribution < -0.4 is 0 Å². The van der Waals surface area contributed by atoms with Crippen LogP contribution in [0, 0.1) is 0 Å². The Morgan fingerprint density at radius 1 is 1.33 bits per heavy atom. The number of carbonyl (C=O) groups is 1. The Kier molecular flexibility index (Phi) is 4.46. The second-order valence-corrected chi connectivity index (χ2v) is 6.17. The number of unbranched alkanes of at least 4 members (excludes halogenated alkanes) is 1. The minimum atomic E-state index is -0.684. The van der Waals surface area contributed by atoms with Gasteiger partial charge in [-0.3, -0.25) is 4.79 Å². The molecule has 0 bridgehead atoms. The number of rotatable bonds is 5. The van der Waals surface area contributed by atoms with Crippen molar-refractivity contribution in [2.75, 3.05) is 13.2 Å². The number of carbonyl (C=O) groups excluding carboxylic acids is 1. The molecular formula is C13H19IO4. The Bertz CT molecular complexity index is 375. The van der Waals surface area contributed by atoms with Crippen LogP contribution in [-0.2, 0) is 19.0 Å². The summed E-state index contributed by atoms with van der Waals surface area (Å²) in [6.45, 7) is 6.98. The third kappa shape index (κ3) is 2.79. The molecule has 0 saturated carbocycles. The molecule has 0 N–H and O–H groups in total. The minimum absolute atomic E-state index is 0.0280. The normalized spacial score (nSPS) is 30.1. The van der Waals surface area contributed by atoms with Gasteiger partial charge in [0.1, 0.15) is 6.10 Å². The zero-order valence-corrected chi connectivity index (χ0v) is 13.2. The van der Waals surface area contributed by atoms with E-state index >= 15 is 0 Å². The summed E-state index contributed by atoms with van der Waals surface area (Å²) >= 11 is 2.07. The van der Waals surface area contributed by atoms with Crippen molar-refractivity contribution in [1.82, 2.24) is 0 Å². The van der Waals surface area contributed by atoms with Gasteiger partial charge in [-0.15, -0.1) is 0 Å². The van der Waals surface area contributed by atoms with Crippen LogP contribution in [0.4, 0.5) is 0 Å². The Hall–Kier alpha value is 0.0200. The summed E-state index contributed by atoms with van der Waals surface area (Å²) in [6.07, 6.45) is 1.40. The van der Waals surface area contributed by atoms with E-state index in [9.17, 15) is 4.79 Å². The summed E-state index contributed by atoms with van der Waals surface area (Å²) < 4.78 is 17.8. The Morgan fingerprint density at radius 2 is 2.00 bits per heavy atom. The van der Waals surface area contributed by atoms with E-state index in [-0.39, 0.29) is 11.9 Å². The van der Waals surface area contributed by atoms with Gasteiger partial charge in [0.05, 0.1) is 10.2 Å². The van der Waals surface area contributed by atoms with Crippen LogP contribution in [0.15, 0.2) is 9.15 Å². The topological polar surface area (TPSA) is 44.8 Å². The van der Waals surface area contributed by atoms with Crippen molar-refractivity contribution in [3.8, 4) is 0 Å². The monoisotopic (exact) mass is 366 g/mol. The molecule has 102 valence electrons. The predicted octanol–water partition coefficient (Wildman–Crippen LogP) is 2.60. The molecule has 1 fully saturated rings. The molecule has 0 aromatic heterocycles. The van der Waals surface area contributed by atoms with Crippen molar-refractivity contribution < 1.29 is 19.0 Å². The van der Waals surface area contributed by atoms with Crippen molar-refractivity contribution >= 4 is 28.4 Å². The fraction of sp³-hybridized carbons (Fsp3) is 0.769. The van der Waals surface area contributed by atoms with Gasteiger partial charge in [-0.1, -0.05) is 13.3 Å². The largest absolute Gasteiger partial charge is 0.377 e. The van der Waals surface area contributed by atoms with Crippen molar-refractivity contribution in [3.05, 3.63) is 9.15 Å². The molecule has 1 saturated heterocycles. The Labute approximate surface area is 121 Å². The van der Waals surface area contributed by atoms with Gasteiger partial charge in [-0.25, -0.2) is 0 Å². The molecule has 2 rings (SSSR count). The maximum atomic E-state index is 12.0. The molecule has 0 aromatic rings. The number of fused-ring (bicyclic) bond motifs is 1. The van der Waals surface area contributed by atoms with E-state index < -0.39 is 11.9 Å². The van der Waals surface area contributed by atoms with Gasteiger partial charge in [-0.05, 0) is 42.9 Å². The molecule has 0 spiro atoms. The van der Waals surface area contributed by atoms with Gasteiger partial charge >= 0.3 is 0 Å². The lowest BCUT2D eigenvalue weighted by molar-refractivity contribution is -0.153. The second kappa shape index (κ2) is 5.56. The zero-order chi connectivity index (χ0) is 13.3. The van der Waals surface area contributed by atoms with E-state index in [0.29, 0.717) is 6.61 Å². The van der Waals surface area contributed by atoms with Crippen LogP contribution in [0.5, 0.6) is 0 Å². The summed E-state index contributed by atoms with van der Waals surface area (Å²) in [6, 6.07) is 0. The van der Waals surface area contributed by atoms with Crippen LogP contribution in [0.25, 0.3) is 0 Å². The fourth-order valence-electron chi connectivity index (χ4n) is 2.19. The Balaban J connectivity index is 2.02. The summed E-state index contributed by atoms with van der Waals surface area (Å²) in [5.41, 5.74) is 0.937. The number of hydrogen-bond acceptors (Lipinski definition) is 4. The number of hydrogen-bond donors (Lipinski definition) is 0. The van der Waals surface area contributed by atoms with Crippen molar-refractivity contribution in [2.24, 2.45) is 0 Å². The average molecular weight is 366 g/mol. The third-order valence-electron chi connectivity index (χ3n) is 3.10. The molecule has 2 atom stereocenters. The third-order valence-corrected chi connectivity index (χ3v) is 4.32. The summed E-state index contributed by atoms with van der Waals surface area (Å²) in [5.74, 6) is -0.656. The molecule has 0 unspecified atom stereocenters. The standard InChI is InChI=1S/C13H19IO4/c1-4-5-6-16-7-8-9(14)10(15)12-11(8)17-13(2,3)18-12/h11-12H,4-7H2,1-3H3/t11-,12+/m1/s1. The first-order valence-electron chi connectivity index (χ1n) is 6.32. The van der Waals surface area contributed by atoms with Gasteiger partial charge in [0, 0.05) is 12.2 Å². The number of ketones is 1. The number of halogens is 1. The molecule has 1 heterocycles. The average Bonchev–Trinajstić information content (AvgIpc) is 2.72. The van der Waals surface area contributed by atoms with Gasteiger partial charge < -0.3 is 14.2 Å². The van der Waals surface area contributed by atoms with E-state index in [4.69, 9.17) is 14.2 Å². The number of Topliss-reactive ketones (excluding diaryl/α,β-unsaturated/α-hetero) is 1. The molecule has 1 aliphatic carbocycles. The quantitative estimate of drug-likeness (QED) is 0.554. The molecular weight excluding hydrogens is 347 g/mol. The summed E-state index contributed by atoms with van der Waals surface area (Å²) in [5, 5.41) is 0. The van der Waals surface area contributed by atoms with Crippen LogP contribution >= 0.6 is 22.6 Å². The van der Waals surface area contributed by atoms with Crippen LogP contribution in [0.2, 0.25) is 0 Å². The van der Waals surface area contributed by atoms with E-state index in [2.05, 4.69) is 29.5 Å². The molecule has 4 nitrogen and oxygen atoms in total. The van der Waals surface area contributed by atoms with E-state index in [1.807, 2.05) is 13.8 Å². The van der Waals surface area contributed by atoms with Gasteiger partial charge in [0.2, 0.25) is 5.78 Å². The summed E-state index contributed by atoms with van der Waals surface area (Å²) in [7, 11) is 0. The molecule has 2 aliphatic rings. The molecule has 0 radical (unpaired) electrons. The van der Waals surface area contributed by atoms with E-state index in [1.54, 1.807) is 0 Å². The zero-order valence-electron chi connectivity index (χ0n) is 11.0. The van der Waals surface area contributed by atoms with Gasteiger partial charge in [0.15, 0.2) is 11.9 Å². The van der Waals surface area contributed by atoms with Crippen LogP contribution in [0.3, 0.4) is 0 Å². The number of ether oxygens (including phenoxy) is 3. The van der Waals surface area contributed by atoms with Crippen molar-refractivity contribution in [3.63, 3.8) is 0 Å². The maximum Gasteiger partial charge on any atom is 0.200 e. The van der Waals surface area contributed by atoms with Gasteiger partial charge in [0.25, 0.3) is 0 Å². The van der Waals surface area contributed by atoms with Gasteiger partial charge in [-0.2, -0.15) is 0 Å². The highest BCUT2D eigenvalue weighted by atomic mass is 127. The highest BCUT2D eigenvalue weighted by Gasteiger charge is 2.52. The smallest absolute Gasteiger partial charge is 0.200 e. The first kappa shape index (κ1) is 14.4. The molecule has 0 aromatic carbocycles. The highest BCUT2D eigenvalue weighted by Crippen LogP contribution is 2.41. The first-order valence-corrected chi connectivity index (χ1v) is 7.40. The lowest BCUT2D eigenvalue weighted by Crippen LogP contribution is -2.26. The molecule has 18 heavy (non-hydrogen) atoms. The predicted molar refractivity (Wildman–Crippen MR) is 75.6 cm³/mol. The molecule has 5 heteroatoms. The summed E-state index contributed by atoms with van der Waals surface area (Å²) in [4.78, 5) is 12.0. The highest BCUT2D eigenvalue weighted by molar-refractivity contribution is 14.1. The van der Waals surface area contributed by atoms with Crippen LogP contribution in [0.1, 0.15) is 33.6 Å². The first-order chi connectivity index (χ1) is 8.46. The van der Waals surface area contributed by atoms with Crippen LogP contribution in [-0.4, -0.2) is 37.0 Å².